The molecule has 2 amide bonds. The number of halogens is 1. The molecule has 3 rings (SSSR count). The van der Waals surface area contributed by atoms with Gasteiger partial charge in [0.1, 0.15) is 12.4 Å². The van der Waals surface area contributed by atoms with E-state index in [9.17, 15) is 22.4 Å². The lowest BCUT2D eigenvalue weighted by atomic mass is 10.1. The van der Waals surface area contributed by atoms with Crippen LogP contribution >= 0.6 is 0 Å². The van der Waals surface area contributed by atoms with Gasteiger partial charge in [0.15, 0.2) is 0 Å². The van der Waals surface area contributed by atoms with Gasteiger partial charge in [0.05, 0.1) is 21.8 Å². The van der Waals surface area contributed by atoms with Gasteiger partial charge in [0.25, 0.3) is 15.9 Å². The first-order valence-electron chi connectivity index (χ1n) is 10.8. The van der Waals surface area contributed by atoms with E-state index < -0.39 is 28.3 Å². The van der Waals surface area contributed by atoms with Gasteiger partial charge in [-0.15, -0.1) is 0 Å². The number of hydrogen-bond donors (Lipinski definition) is 2. The highest BCUT2D eigenvalue weighted by Gasteiger charge is 2.29. The molecule has 178 valence electrons. The number of amides is 2. The van der Waals surface area contributed by atoms with Crippen molar-refractivity contribution in [3.05, 3.63) is 90.2 Å². The Morgan fingerprint density at radius 2 is 1.56 bits per heavy atom. The second kappa shape index (κ2) is 10.9. The molecule has 0 aliphatic heterocycles. The molecule has 0 heterocycles. The van der Waals surface area contributed by atoms with Crippen LogP contribution in [-0.2, 0) is 14.8 Å². The summed E-state index contributed by atoms with van der Waals surface area (Å²) in [5.41, 5.74) is 0.197. The molecule has 3 aromatic rings. The molecule has 1 atom stereocenters. The molecule has 3 aromatic carbocycles. The number of anilines is 2. The van der Waals surface area contributed by atoms with Gasteiger partial charge in [-0.05, 0) is 49.7 Å². The molecule has 0 fully saturated rings. The predicted molar refractivity (Wildman–Crippen MR) is 130 cm³/mol. The minimum Gasteiger partial charge on any atom is -0.350 e. The van der Waals surface area contributed by atoms with Crippen molar-refractivity contribution in [3.63, 3.8) is 0 Å². The number of carbonyl (C=O) groups excluding carboxylic acids is 2. The Morgan fingerprint density at radius 3 is 2.24 bits per heavy atom. The monoisotopic (exact) mass is 483 g/mol. The Bertz CT molecular complexity index is 1270. The Kier molecular flexibility index (Phi) is 8.01. The number of hydrogen-bond acceptors (Lipinski definition) is 4. The molecule has 0 spiro atoms. The van der Waals surface area contributed by atoms with Crippen LogP contribution in [0.25, 0.3) is 0 Å². The predicted octanol–water partition coefficient (Wildman–Crippen LogP) is 4.19. The molecule has 0 saturated heterocycles. The molecule has 7 nitrogen and oxygen atoms in total. The van der Waals surface area contributed by atoms with Crippen molar-refractivity contribution in [2.24, 2.45) is 0 Å². The van der Waals surface area contributed by atoms with Crippen LogP contribution in [0.2, 0.25) is 0 Å². The first-order chi connectivity index (χ1) is 16.2. The fourth-order valence-corrected chi connectivity index (χ4v) is 4.64. The highest BCUT2D eigenvalue weighted by atomic mass is 32.2. The number of nitrogens with zero attached hydrogens (tertiary/aromatic N) is 1. The quantitative estimate of drug-likeness (QED) is 0.477. The first-order valence-corrected chi connectivity index (χ1v) is 12.2. The Balaban J connectivity index is 1.91. The minimum atomic E-state index is -4.26. The zero-order chi connectivity index (χ0) is 24.7. The van der Waals surface area contributed by atoms with E-state index in [2.05, 4.69) is 10.6 Å². The average Bonchev–Trinajstić information content (AvgIpc) is 2.83. The maximum atomic E-state index is 14.6. The zero-order valence-corrected chi connectivity index (χ0v) is 19.7. The molecule has 0 bridgehead atoms. The van der Waals surface area contributed by atoms with Gasteiger partial charge in [0, 0.05) is 6.04 Å². The second-order valence-corrected chi connectivity index (χ2v) is 9.51. The Morgan fingerprint density at radius 1 is 0.941 bits per heavy atom. The lowest BCUT2D eigenvalue weighted by Gasteiger charge is -2.24. The van der Waals surface area contributed by atoms with Crippen LogP contribution in [0, 0.1) is 5.82 Å². The van der Waals surface area contributed by atoms with E-state index in [1.807, 2.05) is 13.8 Å². The number of nitrogens with one attached hydrogen (secondary N) is 2. The van der Waals surface area contributed by atoms with Crippen molar-refractivity contribution in [1.29, 1.82) is 0 Å². The third-order valence-corrected chi connectivity index (χ3v) is 6.95. The fraction of sp³-hybridized carbons (Fsp3) is 0.200. The van der Waals surface area contributed by atoms with E-state index in [1.165, 1.54) is 30.3 Å². The Labute approximate surface area is 198 Å². The van der Waals surface area contributed by atoms with Crippen LogP contribution in [0.3, 0.4) is 0 Å². The van der Waals surface area contributed by atoms with Gasteiger partial charge in [-0.25, -0.2) is 12.8 Å². The molecular weight excluding hydrogens is 457 g/mol. The normalized spacial score (nSPS) is 12.0. The van der Waals surface area contributed by atoms with Crippen molar-refractivity contribution in [3.8, 4) is 0 Å². The third-order valence-electron chi connectivity index (χ3n) is 5.18. The van der Waals surface area contributed by atoms with Crippen LogP contribution in [-0.4, -0.2) is 32.8 Å². The van der Waals surface area contributed by atoms with Gasteiger partial charge in [-0.2, -0.15) is 0 Å². The molecule has 34 heavy (non-hydrogen) atoms. The molecule has 0 saturated carbocycles. The lowest BCUT2D eigenvalue weighted by Crippen LogP contribution is -2.39. The topological polar surface area (TPSA) is 95.6 Å². The minimum absolute atomic E-state index is 0.0659. The highest BCUT2D eigenvalue weighted by molar-refractivity contribution is 7.92. The van der Waals surface area contributed by atoms with Crippen molar-refractivity contribution >= 4 is 33.2 Å². The number of para-hydroxylation sites is 2. The van der Waals surface area contributed by atoms with Crippen LogP contribution in [0.5, 0.6) is 0 Å². The van der Waals surface area contributed by atoms with Crippen molar-refractivity contribution in [2.75, 3.05) is 16.2 Å². The second-order valence-electron chi connectivity index (χ2n) is 7.65. The average molecular weight is 484 g/mol. The zero-order valence-electron chi connectivity index (χ0n) is 18.9. The van der Waals surface area contributed by atoms with Gasteiger partial charge in [-0.3, -0.25) is 13.9 Å². The maximum absolute atomic E-state index is 14.6. The van der Waals surface area contributed by atoms with Crippen LogP contribution < -0.4 is 14.9 Å². The standard InChI is InChI=1S/C25H26FN3O4S/c1-3-18(2)27-25(31)20-13-7-9-15-22(20)28-24(30)17-29(23-16-10-8-14-21(23)26)34(32,33)19-11-5-4-6-12-19/h4-16,18H,3,17H2,1-2H3,(H,27,31)(H,28,30)/t18-/m1/s1. The van der Waals surface area contributed by atoms with Crippen molar-refractivity contribution < 1.29 is 22.4 Å². The third kappa shape index (κ3) is 5.79. The van der Waals surface area contributed by atoms with Gasteiger partial charge >= 0.3 is 0 Å². The summed E-state index contributed by atoms with van der Waals surface area (Å²) in [6.07, 6.45) is 0.731. The highest BCUT2D eigenvalue weighted by Crippen LogP contribution is 2.26. The summed E-state index contributed by atoms with van der Waals surface area (Å²) in [5, 5.41) is 5.43. The molecule has 9 heteroatoms. The maximum Gasteiger partial charge on any atom is 0.264 e. The lowest BCUT2D eigenvalue weighted by molar-refractivity contribution is -0.114. The van der Waals surface area contributed by atoms with Gasteiger partial charge < -0.3 is 10.6 Å². The SMILES string of the molecule is CC[C@@H](C)NC(=O)c1ccccc1NC(=O)CN(c1ccccc1F)S(=O)(=O)c1ccccc1. The summed E-state index contributed by atoms with van der Waals surface area (Å²) >= 11 is 0. The summed E-state index contributed by atoms with van der Waals surface area (Å²) in [5.74, 6) is -1.89. The van der Waals surface area contributed by atoms with Crippen LogP contribution in [0.15, 0.2) is 83.8 Å². The largest absolute Gasteiger partial charge is 0.350 e. The summed E-state index contributed by atoms with van der Waals surface area (Å²) in [7, 11) is -4.26. The van der Waals surface area contributed by atoms with E-state index in [-0.39, 0.29) is 33.8 Å². The van der Waals surface area contributed by atoms with Crippen LogP contribution in [0.1, 0.15) is 30.6 Å². The molecule has 0 aliphatic rings. The molecule has 0 radical (unpaired) electrons. The summed E-state index contributed by atoms with van der Waals surface area (Å²) in [6.45, 7) is 3.10. The number of sulfonamides is 1. The molecular formula is C25H26FN3O4S. The van der Waals surface area contributed by atoms with E-state index in [4.69, 9.17) is 0 Å². The van der Waals surface area contributed by atoms with Gasteiger partial charge in [-0.1, -0.05) is 49.4 Å². The number of carbonyl (C=O) groups is 2. The molecule has 0 aliphatic carbocycles. The molecule has 2 N–H and O–H groups in total. The van der Waals surface area contributed by atoms with E-state index >= 15 is 0 Å². The number of rotatable bonds is 9. The van der Waals surface area contributed by atoms with Crippen molar-refractivity contribution in [2.45, 2.75) is 31.2 Å². The van der Waals surface area contributed by atoms with Gasteiger partial charge in [0.2, 0.25) is 5.91 Å². The van der Waals surface area contributed by atoms with E-state index in [0.29, 0.717) is 0 Å². The first kappa shape index (κ1) is 24.9. The van der Waals surface area contributed by atoms with E-state index in [0.717, 1.165) is 16.8 Å². The summed E-state index contributed by atoms with van der Waals surface area (Å²) < 4.78 is 41.9. The molecule has 0 unspecified atom stereocenters. The fourth-order valence-electron chi connectivity index (χ4n) is 3.19. The smallest absolute Gasteiger partial charge is 0.264 e. The summed E-state index contributed by atoms with van der Waals surface area (Å²) in [4.78, 5) is 25.5. The Hall–Kier alpha value is -3.72. The van der Waals surface area contributed by atoms with E-state index in [1.54, 1.807) is 42.5 Å². The summed E-state index contributed by atoms with van der Waals surface area (Å²) in [6, 6.07) is 19.1. The van der Waals surface area contributed by atoms with Crippen molar-refractivity contribution in [1.82, 2.24) is 5.32 Å². The molecule has 0 aromatic heterocycles. The van der Waals surface area contributed by atoms with Crippen LogP contribution in [0.4, 0.5) is 15.8 Å². The number of benzene rings is 3.